The lowest BCUT2D eigenvalue weighted by Gasteiger charge is -2.36. The molecular weight excluding hydrogens is 502 g/mol. The smallest absolute Gasteiger partial charge is 0.254 e. The molecule has 0 bridgehead atoms. The van der Waals surface area contributed by atoms with Gasteiger partial charge in [-0.15, -0.1) is 10.2 Å². The highest BCUT2D eigenvalue weighted by molar-refractivity contribution is 5.96. The minimum atomic E-state index is -0.150. The third kappa shape index (κ3) is 6.46. The van der Waals surface area contributed by atoms with Crippen LogP contribution in [0.15, 0.2) is 91.0 Å². The van der Waals surface area contributed by atoms with Crippen LogP contribution in [0.1, 0.15) is 21.5 Å². The van der Waals surface area contributed by atoms with Crippen molar-refractivity contribution in [1.82, 2.24) is 20.0 Å². The second kappa shape index (κ2) is 12.4. The molecule has 0 radical (unpaired) electrons. The van der Waals surface area contributed by atoms with Gasteiger partial charge < -0.3 is 19.4 Å². The number of hydrogen-bond acceptors (Lipinski definition) is 6. The minimum Gasteiger partial charge on any atom is -0.497 e. The number of aryl methyl sites for hydroxylation is 1. The standard InChI is InChI=1S/C32H33N5O3/c1-24-8-10-27(11-9-24)32(39)37(22-25-6-4-3-5-7-25)23-31(38)36-20-18-35(19-21-36)30-17-16-29(33-34-30)26-12-14-28(40-2)15-13-26/h3-17H,18-23H2,1-2H3. The molecular formula is C32H33N5O3. The topological polar surface area (TPSA) is 78.9 Å². The molecule has 2 amide bonds. The van der Waals surface area contributed by atoms with E-state index in [0.717, 1.165) is 34.0 Å². The molecule has 1 aliphatic heterocycles. The van der Waals surface area contributed by atoms with Gasteiger partial charge in [0.2, 0.25) is 5.91 Å². The molecule has 0 atom stereocenters. The van der Waals surface area contributed by atoms with Gasteiger partial charge in [0, 0.05) is 43.9 Å². The molecule has 1 saturated heterocycles. The summed E-state index contributed by atoms with van der Waals surface area (Å²) in [6, 6.07) is 28.9. The van der Waals surface area contributed by atoms with Crippen molar-refractivity contribution in [2.24, 2.45) is 0 Å². The number of anilines is 1. The van der Waals surface area contributed by atoms with Gasteiger partial charge in [0.15, 0.2) is 5.82 Å². The largest absolute Gasteiger partial charge is 0.497 e. The van der Waals surface area contributed by atoms with E-state index in [1.54, 1.807) is 12.0 Å². The van der Waals surface area contributed by atoms with E-state index >= 15 is 0 Å². The quantitative estimate of drug-likeness (QED) is 0.332. The van der Waals surface area contributed by atoms with Crippen LogP contribution >= 0.6 is 0 Å². The van der Waals surface area contributed by atoms with Gasteiger partial charge in [0.1, 0.15) is 12.3 Å². The number of rotatable bonds is 8. The summed E-state index contributed by atoms with van der Waals surface area (Å²) < 4.78 is 5.22. The third-order valence-corrected chi connectivity index (χ3v) is 7.12. The first-order chi connectivity index (χ1) is 19.5. The zero-order valence-corrected chi connectivity index (χ0v) is 22.9. The number of aromatic nitrogens is 2. The zero-order valence-electron chi connectivity index (χ0n) is 22.9. The lowest BCUT2D eigenvalue weighted by molar-refractivity contribution is -0.132. The van der Waals surface area contributed by atoms with E-state index in [4.69, 9.17) is 4.74 Å². The minimum absolute atomic E-state index is 0.0258. The number of benzene rings is 3. The monoisotopic (exact) mass is 535 g/mol. The molecule has 1 aliphatic rings. The van der Waals surface area contributed by atoms with Gasteiger partial charge >= 0.3 is 0 Å². The second-order valence-electron chi connectivity index (χ2n) is 9.89. The van der Waals surface area contributed by atoms with Crippen molar-refractivity contribution in [2.75, 3.05) is 44.7 Å². The van der Waals surface area contributed by atoms with Gasteiger partial charge in [-0.2, -0.15) is 0 Å². The van der Waals surface area contributed by atoms with Crippen LogP contribution in [0.3, 0.4) is 0 Å². The molecule has 40 heavy (non-hydrogen) atoms. The van der Waals surface area contributed by atoms with Gasteiger partial charge in [-0.05, 0) is 61.0 Å². The van der Waals surface area contributed by atoms with E-state index in [9.17, 15) is 9.59 Å². The molecule has 8 heteroatoms. The van der Waals surface area contributed by atoms with Crippen molar-refractivity contribution in [2.45, 2.75) is 13.5 Å². The molecule has 1 fully saturated rings. The first-order valence-electron chi connectivity index (χ1n) is 13.4. The van der Waals surface area contributed by atoms with Crippen molar-refractivity contribution in [3.63, 3.8) is 0 Å². The number of hydrogen-bond donors (Lipinski definition) is 0. The van der Waals surface area contributed by atoms with Crippen molar-refractivity contribution < 1.29 is 14.3 Å². The van der Waals surface area contributed by atoms with Gasteiger partial charge in [-0.25, -0.2) is 0 Å². The van der Waals surface area contributed by atoms with Gasteiger partial charge in [-0.3, -0.25) is 9.59 Å². The summed E-state index contributed by atoms with van der Waals surface area (Å²) in [6.07, 6.45) is 0. The zero-order chi connectivity index (χ0) is 27.9. The van der Waals surface area contributed by atoms with E-state index in [1.165, 1.54) is 0 Å². The summed E-state index contributed by atoms with van der Waals surface area (Å²) in [6.45, 7) is 4.78. The Bertz CT molecular complexity index is 1420. The van der Waals surface area contributed by atoms with E-state index in [-0.39, 0.29) is 18.4 Å². The molecule has 2 heterocycles. The number of amides is 2. The lowest BCUT2D eigenvalue weighted by atomic mass is 10.1. The summed E-state index contributed by atoms with van der Waals surface area (Å²) in [7, 11) is 1.64. The lowest BCUT2D eigenvalue weighted by Crippen LogP contribution is -2.52. The fraction of sp³-hybridized carbons (Fsp3) is 0.250. The summed E-state index contributed by atoms with van der Waals surface area (Å²) in [5.74, 6) is 1.37. The highest BCUT2D eigenvalue weighted by atomic mass is 16.5. The van der Waals surface area contributed by atoms with Crippen LogP contribution in [0.5, 0.6) is 5.75 Å². The Kier molecular flexibility index (Phi) is 8.35. The predicted octanol–water partition coefficient (Wildman–Crippen LogP) is 4.45. The van der Waals surface area contributed by atoms with E-state index in [2.05, 4.69) is 15.1 Å². The van der Waals surface area contributed by atoms with Gasteiger partial charge in [-0.1, -0.05) is 48.0 Å². The fourth-order valence-electron chi connectivity index (χ4n) is 4.74. The maximum absolute atomic E-state index is 13.4. The molecule has 0 N–H and O–H groups in total. The number of nitrogens with zero attached hydrogens (tertiary/aromatic N) is 5. The fourth-order valence-corrected chi connectivity index (χ4v) is 4.74. The van der Waals surface area contributed by atoms with Gasteiger partial charge in [0.05, 0.1) is 12.8 Å². The number of piperazine rings is 1. The third-order valence-electron chi connectivity index (χ3n) is 7.12. The Morgan fingerprint density at radius 2 is 1.52 bits per heavy atom. The Labute approximate surface area is 234 Å². The van der Waals surface area contributed by atoms with E-state index in [1.807, 2.05) is 103 Å². The van der Waals surface area contributed by atoms with E-state index < -0.39 is 0 Å². The maximum atomic E-state index is 13.4. The molecule has 0 aliphatic carbocycles. The van der Waals surface area contributed by atoms with Crippen LogP contribution in [0.2, 0.25) is 0 Å². The van der Waals surface area contributed by atoms with Crippen molar-refractivity contribution in [3.8, 4) is 17.0 Å². The summed E-state index contributed by atoms with van der Waals surface area (Å²) in [5, 5.41) is 8.85. The molecule has 0 unspecified atom stereocenters. The summed E-state index contributed by atoms with van der Waals surface area (Å²) in [5.41, 5.74) is 4.40. The normalized spacial score (nSPS) is 13.2. The summed E-state index contributed by atoms with van der Waals surface area (Å²) >= 11 is 0. The van der Waals surface area contributed by atoms with Crippen molar-refractivity contribution in [3.05, 3.63) is 108 Å². The molecule has 204 valence electrons. The van der Waals surface area contributed by atoms with Crippen LogP contribution in [-0.2, 0) is 11.3 Å². The van der Waals surface area contributed by atoms with Crippen LogP contribution in [0, 0.1) is 6.92 Å². The molecule has 0 saturated carbocycles. The first-order valence-corrected chi connectivity index (χ1v) is 13.4. The average molecular weight is 536 g/mol. The Balaban J connectivity index is 1.21. The van der Waals surface area contributed by atoms with E-state index in [0.29, 0.717) is 38.3 Å². The molecule has 4 aromatic rings. The predicted molar refractivity (Wildman–Crippen MR) is 155 cm³/mol. The van der Waals surface area contributed by atoms with Crippen LogP contribution in [0.25, 0.3) is 11.3 Å². The first kappa shape index (κ1) is 26.9. The summed E-state index contributed by atoms with van der Waals surface area (Å²) in [4.78, 5) is 32.4. The van der Waals surface area contributed by atoms with Gasteiger partial charge in [0.25, 0.3) is 5.91 Å². The number of carbonyl (C=O) groups is 2. The molecule has 3 aromatic carbocycles. The van der Waals surface area contributed by atoms with Crippen molar-refractivity contribution >= 4 is 17.6 Å². The molecule has 0 spiro atoms. The number of carbonyl (C=O) groups excluding carboxylic acids is 2. The SMILES string of the molecule is COc1ccc(-c2ccc(N3CCN(C(=O)CN(Cc4ccccc4)C(=O)c4ccc(C)cc4)CC3)nn2)cc1. The molecule has 1 aromatic heterocycles. The second-order valence-corrected chi connectivity index (χ2v) is 9.89. The highest BCUT2D eigenvalue weighted by Crippen LogP contribution is 2.22. The Morgan fingerprint density at radius 1 is 0.825 bits per heavy atom. The Hall–Kier alpha value is -4.72. The van der Waals surface area contributed by atoms with Crippen molar-refractivity contribution in [1.29, 1.82) is 0 Å². The van der Waals surface area contributed by atoms with Crippen LogP contribution in [0.4, 0.5) is 5.82 Å². The highest BCUT2D eigenvalue weighted by Gasteiger charge is 2.26. The number of ether oxygens (including phenoxy) is 1. The molecule has 8 nitrogen and oxygen atoms in total. The maximum Gasteiger partial charge on any atom is 0.254 e. The molecule has 5 rings (SSSR count). The average Bonchev–Trinajstić information content (AvgIpc) is 3.01. The van der Waals surface area contributed by atoms with Crippen LogP contribution < -0.4 is 9.64 Å². The Morgan fingerprint density at radius 3 is 2.15 bits per heavy atom. The van der Waals surface area contributed by atoms with Crippen LogP contribution in [-0.4, -0.2) is 71.6 Å². The number of methoxy groups -OCH3 is 1.